The molecule has 22 heavy (non-hydrogen) atoms. The summed E-state index contributed by atoms with van der Waals surface area (Å²) in [7, 11) is 3.23. The normalized spacial score (nSPS) is 10.6. The molecule has 2 amide bonds. The van der Waals surface area contributed by atoms with Crippen LogP contribution in [0.2, 0.25) is 0 Å². The number of furan rings is 1. The van der Waals surface area contributed by atoms with Crippen LogP contribution in [0.5, 0.6) is 0 Å². The zero-order valence-corrected chi connectivity index (χ0v) is 13.4. The molecule has 1 rings (SSSR count). The van der Waals surface area contributed by atoms with Crippen molar-refractivity contribution in [2.45, 2.75) is 13.0 Å². The van der Waals surface area contributed by atoms with Gasteiger partial charge in [-0.3, -0.25) is 0 Å². The van der Waals surface area contributed by atoms with Gasteiger partial charge in [-0.1, -0.05) is 0 Å². The van der Waals surface area contributed by atoms with Gasteiger partial charge in [0.15, 0.2) is 0 Å². The summed E-state index contributed by atoms with van der Waals surface area (Å²) in [5, 5.41) is 2.87. The van der Waals surface area contributed by atoms with Crippen LogP contribution in [-0.2, 0) is 20.8 Å². The zero-order chi connectivity index (χ0) is 16.0. The molecule has 0 unspecified atom stereocenters. The lowest BCUT2D eigenvalue weighted by molar-refractivity contribution is 0.102. The summed E-state index contributed by atoms with van der Waals surface area (Å²) in [6.07, 6.45) is 2.36. The summed E-state index contributed by atoms with van der Waals surface area (Å²) in [5.41, 5.74) is 0. The predicted molar refractivity (Wildman–Crippen MR) is 81.7 cm³/mol. The number of rotatable bonds is 12. The van der Waals surface area contributed by atoms with E-state index in [1.807, 2.05) is 12.1 Å². The van der Waals surface area contributed by atoms with E-state index in [0.29, 0.717) is 46.1 Å². The van der Waals surface area contributed by atoms with Gasteiger partial charge in [0.1, 0.15) is 12.4 Å². The van der Waals surface area contributed by atoms with Crippen molar-refractivity contribution in [3.8, 4) is 0 Å². The highest BCUT2D eigenvalue weighted by molar-refractivity contribution is 5.74. The lowest BCUT2D eigenvalue weighted by atomic mass is 10.4. The largest absolute Gasteiger partial charge is 0.467 e. The minimum atomic E-state index is -0.111. The van der Waals surface area contributed by atoms with Crippen molar-refractivity contribution in [1.29, 1.82) is 0 Å². The molecule has 0 aromatic carbocycles. The van der Waals surface area contributed by atoms with E-state index in [1.54, 1.807) is 25.4 Å². The summed E-state index contributed by atoms with van der Waals surface area (Å²) in [5.74, 6) is 0.800. The molecule has 7 heteroatoms. The van der Waals surface area contributed by atoms with Crippen LogP contribution < -0.4 is 5.32 Å². The van der Waals surface area contributed by atoms with E-state index in [4.69, 9.17) is 18.6 Å². The van der Waals surface area contributed by atoms with Gasteiger partial charge in [-0.25, -0.2) is 4.79 Å². The molecule has 0 bridgehead atoms. The number of ether oxygens (including phenoxy) is 3. The first-order valence-corrected chi connectivity index (χ1v) is 7.38. The number of hydrogen-bond donors (Lipinski definition) is 1. The third-order valence-corrected chi connectivity index (χ3v) is 2.98. The first-order chi connectivity index (χ1) is 10.8. The number of hydrogen-bond acceptors (Lipinski definition) is 5. The predicted octanol–water partition coefficient (Wildman–Crippen LogP) is 1.49. The number of urea groups is 1. The summed E-state index contributed by atoms with van der Waals surface area (Å²) in [6.45, 7) is 3.67. The van der Waals surface area contributed by atoms with E-state index in [-0.39, 0.29) is 6.03 Å². The van der Waals surface area contributed by atoms with Crippen LogP contribution >= 0.6 is 0 Å². The van der Waals surface area contributed by atoms with E-state index in [1.165, 1.54) is 0 Å². The topological polar surface area (TPSA) is 73.2 Å². The first kappa shape index (κ1) is 18.5. The van der Waals surface area contributed by atoms with Crippen LogP contribution in [-0.4, -0.2) is 64.6 Å². The number of amides is 2. The molecule has 7 nitrogen and oxygen atoms in total. The molecular weight excluding hydrogens is 288 g/mol. The quantitative estimate of drug-likeness (QED) is 0.592. The van der Waals surface area contributed by atoms with Crippen molar-refractivity contribution in [2.75, 3.05) is 53.7 Å². The molecule has 0 aliphatic carbocycles. The van der Waals surface area contributed by atoms with Crippen molar-refractivity contribution in [3.63, 3.8) is 0 Å². The van der Waals surface area contributed by atoms with Gasteiger partial charge >= 0.3 is 6.03 Å². The fourth-order valence-electron chi connectivity index (χ4n) is 1.77. The Hall–Kier alpha value is -1.57. The fourth-order valence-corrected chi connectivity index (χ4v) is 1.77. The number of nitrogens with zero attached hydrogens (tertiary/aromatic N) is 1. The Morgan fingerprint density at radius 2 is 1.95 bits per heavy atom. The van der Waals surface area contributed by atoms with Crippen LogP contribution in [0.1, 0.15) is 12.2 Å². The second-order valence-corrected chi connectivity index (χ2v) is 4.69. The van der Waals surface area contributed by atoms with E-state index in [9.17, 15) is 4.79 Å². The number of methoxy groups -OCH3 is 2. The Morgan fingerprint density at radius 3 is 2.55 bits per heavy atom. The molecule has 1 aromatic heterocycles. The third kappa shape index (κ3) is 8.02. The van der Waals surface area contributed by atoms with E-state index in [0.717, 1.165) is 12.2 Å². The Kier molecular flexibility index (Phi) is 10.1. The second-order valence-electron chi connectivity index (χ2n) is 4.69. The van der Waals surface area contributed by atoms with Gasteiger partial charge in [-0.05, 0) is 18.6 Å². The molecule has 0 atom stereocenters. The van der Waals surface area contributed by atoms with Crippen LogP contribution in [0, 0.1) is 0 Å². The van der Waals surface area contributed by atoms with Crippen LogP contribution in [0.3, 0.4) is 0 Å². The molecule has 1 heterocycles. The molecule has 1 aromatic rings. The third-order valence-electron chi connectivity index (χ3n) is 2.98. The lowest BCUT2D eigenvalue weighted by Crippen LogP contribution is -2.43. The number of nitrogens with one attached hydrogen (secondary N) is 1. The monoisotopic (exact) mass is 314 g/mol. The van der Waals surface area contributed by atoms with E-state index in [2.05, 4.69) is 5.32 Å². The van der Waals surface area contributed by atoms with Crippen LogP contribution in [0.25, 0.3) is 0 Å². The zero-order valence-electron chi connectivity index (χ0n) is 13.4. The molecule has 0 saturated heterocycles. The fraction of sp³-hybridized carbons (Fsp3) is 0.667. The number of carbonyl (C=O) groups excluding carboxylic acids is 1. The van der Waals surface area contributed by atoms with Gasteiger partial charge < -0.3 is 28.8 Å². The summed E-state index contributed by atoms with van der Waals surface area (Å²) >= 11 is 0. The Labute approximate surface area is 131 Å². The van der Waals surface area contributed by atoms with Gasteiger partial charge in [0.2, 0.25) is 0 Å². The maximum absolute atomic E-state index is 12.0. The molecule has 0 radical (unpaired) electrons. The maximum Gasteiger partial charge on any atom is 0.317 e. The molecule has 0 saturated carbocycles. The number of carbonyl (C=O) groups is 1. The lowest BCUT2D eigenvalue weighted by Gasteiger charge is -2.22. The van der Waals surface area contributed by atoms with Gasteiger partial charge in [-0.15, -0.1) is 0 Å². The van der Waals surface area contributed by atoms with Crippen molar-refractivity contribution < 1.29 is 23.4 Å². The van der Waals surface area contributed by atoms with Crippen LogP contribution in [0.15, 0.2) is 22.8 Å². The molecular formula is C15H26N2O5. The summed E-state index contributed by atoms with van der Waals surface area (Å²) < 4.78 is 20.6. The van der Waals surface area contributed by atoms with Gasteiger partial charge in [0.25, 0.3) is 0 Å². The molecule has 0 aliphatic heterocycles. The highest BCUT2D eigenvalue weighted by Gasteiger charge is 2.11. The molecule has 0 aliphatic rings. The Bertz CT molecular complexity index is 375. The Morgan fingerprint density at radius 1 is 1.23 bits per heavy atom. The standard InChI is InChI=1S/C15H26N2O5/c1-19-11-7-17(8-12-20-2)15(18)16-6-4-9-21-13-14-5-3-10-22-14/h3,5,10H,4,6-9,11-13H2,1-2H3,(H,16,18). The average Bonchev–Trinajstić information content (AvgIpc) is 3.04. The molecule has 1 N–H and O–H groups in total. The summed E-state index contributed by atoms with van der Waals surface area (Å²) in [6, 6.07) is 3.58. The maximum atomic E-state index is 12.0. The average molecular weight is 314 g/mol. The smallest absolute Gasteiger partial charge is 0.317 e. The Balaban J connectivity index is 2.10. The highest BCUT2D eigenvalue weighted by Crippen LogP contribution is 2.01. The minimum absolute atomic E-state index is 0.111. The van der Waals surface area contributed by atoms with E-state index >= 15 is 0 Å². The van der Waals surface area contributed by atoms with Crippen molar-refractivity contribution in [2.24, 2.45) is 0 Å². The van der Waals surface area contributed by atoms with Crippen molar-refractivity contribution in [3.05, 3.63) is 24.2 Å². The highest BCUT2D eigenvalue weighted by atomic mass is 16.5. The van der Waals surface area contributed by atoms with Crippen molar-refractivity contribution in [1.82, 2.24) is 10.2 Å². The van der Waals surface area contributed by atoms with Crippen molar-refractivity contribution >= 4 is 6.03 Å². The second kappa shape index (κ2) is 12.0. The SMILES string of the molecule is COCCN(CCOC)C(=O)NCCCOCc1ccco1. The first-order valence-electron chi connectivity index (χ1n) is 7.38. The van der Waals surface area contributed by atoms with Gasteiger partial charge in [-0.2, -0.15) is 0 Å². The molecule has 126 valence electrons. The van der Waals surface area contributed by atoms with Crippen LogP contribution in [0.4, 0.5) is 4.79 Å². The molecule has 0 spiro atoms. The minimum Gasteiger partial charge on any atom is -0.467 e. The van der Waals surface area contributed by atoms with Gasteiger partial charge in [0, 0.05) is 40.5 Å². The van der Waals surface area contributed by atoms with E-state index < -0.39 is 0 Å². The molecule has 0 fully saturated rings. The van der Waals surface area contributed by atoms with Gasteiger partial charge in [0.05, 0.1) is 19.5 Å². The summed E-state index contributed by atoms with van der Waals surface area (Å²) in [4.78, 5) is 13.7.